The number of thiophene rings is 1. The van der Waals surface area contributed by atoms with Gasteiger partial charge in [0.25, 0.3) is 0 Å². The van der Waals surface area contributed by atoms with Crippen molar-refractivity contribution in [3.63, 3.8) is 0 Å². The highest BCUT2D eigenvalue weighted by molar-refractivity contribution is 7.10. The van der Waals surface area contributed by atoms with Crippen molar-refractivity contribution in [2.75, 3.05) is 0 Å². The summed E-state index contributed by atoms with van der Waals surface area (Å²) in [5.41, 5.74) is 1.58. The Morgan fingerprint density at radius 3 is 3.25 bits per heavy atom. The van der Waals surface area contributed by atoms with Gasteiger partial charge in [-0.1, -0.05) is 19.8 Å². The minimum Gasteiger partial charge on any atom is -0.307 e. The summed E-state index contributed by atoms with van der Waals surface area (Å²) in [6, 6.07) is 3.61. The molecular formula is C14H23NS. The Morgan fingerprint density at radius 2 is 2.44 bits per heavy atom. The maximum absolute atomic E-state index is 3.80. The number of rotatable bonds is 5. The molecule has 2 rings (SSSR count). The molecule has 2 unspecified atom stereocenters. The first kappa shape index (κ1) is 12.1. The second kappa shape index (κ2) is 5.83. The second-order valence-corrected chi connectivity index (χ2v) is 5.95. The van der Waals surface area contributed by atoms with Gasteiger partial charge in [-0.15, -0.1) is 11.3 Å². The SMILES string of the molecule is CCCCC(C)NC1CCCc2sccc21. The third-order valence-electron chi connectivity index (χ3n) is 3.53. The molecule has 0 amide bonds. The van der Waals surface area contributed by atoms with Crippen LogP contribution in [0.25, 0.3) is 0 Å². The zero-order valence-electron chi connectivity index (χ0n) is 10.5. The summed E-state index contributed by atoms with van der Waals surface area (Å²) in [6.45, 7) is 4.60. The third-order valence-corrected chi connectivity index (χ3v) is 4.52. The van der Waals surface area contributed by atoms with E-state index in [0.29, 0.717) is 12.1 Å². The highest BCUT2D eigenvalue weighted by Gasteiger charge is 2.21. The van der Waals surface area contributed by atoms with E-state index in [0.717, 1.165) is 0 Å². The van der Waals surface area contributed by atoms with E-state index >= 15 is 0 Å². The lowest BCUT2D eigenvalue weighted by molar-refractivity contribution is 0.391. The fourth-order valence-electron chi connectivity index (χ4n) is 2.60. The smallest absolute Gasteiger partial charge is 0.0333 e. The molecule has 1 aliphatic carbocycles. The highest BCUT2D eigenvalue weighted by Crippen LogP contribution is 2.33. The van der Waals surface area contributed by atoms with Gasteiger partial charge in [0.2, 0.25) is 0 Å². The molecule has 90 valence electrons. The summed E-state index contributed by atoms with van der Waals surface area (Å²) in [6.07, 6.45) is 7.94. The molecule has 0 spiro atoms. The minimum atomic E-state index is 0.627. The van der Waals surface area contributed by atoms with Gasteiger partial charge < -0.3 is 5.32 Å². The van der Waals surface area contributed by atoms with Gasteiger partial charge in [0.05, 0.1) is 0 Å². The van der Waals surface area contributed by atoms with Gasteiger partial charge in [-0.25, -0.2) is 0 Å². The van der Waals surface area contributed by atoms with Crippen molar-refractivity contribution in [2.45, 2.75) is 64.5 Å². The molecule has 1 aromatic heterocycles. The number of fused-ring (bicyclic) bond motifs is 1. The Hall–Kier alpha value is -0.340. The van der Waals surface area contributed by atoms with Gasteiger partial charge in [0.15, 0.2) is 0 Å². The van der Waals surface area contributed by atoms with Gasteiger partial charge >= 0.3 is 0 Å². The van der Waals surface area contributed by atoms with E-state index in [4.69, 9.17) is 0 Å². The minimum absolute atomic E-state index is 0.627. The van der Waals surface area contributed by atoms with Crippen LogP contribution in [0.4, 0.5) is 0 Å². The Kier molecular flexibility index (Phi) is 4.42. The molecule has 1 heterocycles. The molecule has 2 heteroatoms. The summed E-state index contributed by atoms with van der Waals surface area (Å²) >= 11 is 1.93. The number of hydrogen-bond acceptors (Lipinski definition) is 2. The fraction of sp³-hybridized carbons (Fsp3) is 0.714. The van der Waals surface area contributed by atoms with Gasteiger partial charge in [-0.3, -0.25) is 0 Å². The fourth-order valence-corrected chi connectivity index (χ4v) is 3.58. The molecule has 0 fully saturated rings. The van der Waals surface area contributed by atoms with Crippen LogP contribution in [-0.4, -0.2) is 6.04 Å². The molecule has 1 aromatic rings. The van der Waals surface area contributed by atoms with Crippen LogP contribution in [0.5, 0.6) is 0 Å². The Bertz CT molecular complexity index is 318. The molecule has 0 bridgehead atoms. The second-order valence-electron chi connectivity index (χ2n) is 4.95. The number of unbranched alkanes of at least 4 members (excludes halogenated alkanes) is 1. The van der Waals surface area contributed by atoms with Gasteiger partial charge in [-0.2, -0.15) is 0 Å². The molecule has 1 nitrogen and oxygen atoms in total. The van der Waals surface area contributed by atoms with Crippen molar-refractivity contribution in [3.05, 3.63) is 21.9 Å². The molecule has 1 N–H and O–H groups in total. The molecule has 0 saturated heterocycles. The first-order valence-corrected chi connectivity index (χ1v) is 7.51. The van der Waals surface area contributed by atoms with Crippen LogP contribution in [0.1, 0.15) is 62.4 Å². The summed E-state index contributed by atoms with van der Waals surface area (Å²) in [7, 11) is 0. The number of aryl methyl sites for hydroxylation is 1. The molecule has 0 aromatic carbocycles. The van der Waals surface area contributed by atoms with Crippen LogP contribution in [-0.2, 0) is 6.42 Å². The van der Waals surface area contributed by atoms with Gasteiger partial charge in [0.1, 0.15) is 0 Å². The van der Waals surface area contributed by atoms with Crippen molar-refractivity contribution >= 4 is 11.3 Å². The van der Waals surface area contributed by atoms with E-state index in [-0.39, 0.29) is 0 Å². The normalized spacial score (nSPS) is 21.8. The van der Waals surface area contributed by atoms with Crippen molar-refractivity contribution in [1.82, 2.24) is 5.32 Å². The van der Waals surface area contributed by atoms with E-state index in [1.807, 2.05) is 11.3 Å². The van der Waals surface area contributed by atoms with E-state index in [1.165, 1.54) is 38.5 Å². The van der Waals surface area contributed by atoms with Crippen LogP contribution in [0, 0.1) is 0 Å². The van der Waals surface area contributed by atoms with Crippen molar-refractivity contribution in [1.29, 1.82) is 0 Å². The summed E-state index contributed by atoms with van der Waals surface area (Å²) < 4.78 is 0. The lowest BCUT2D eigenvalue weighted by Gasteiger charge is -2.27. The first-order valence-electron chi connectivity index (χ1n) is 6.63. The molecule has 16 heavy (non-hydrogen) atoms. The molecule has 0 radical (unpaired) electrons. The maximum Gasteiger partial charge on any atom is 0.0333 e. The number of hydrogen-bond donors (Lipinski definition) is 1. The van der Waals surface area contributed by atoms with E-state index in [9.17, 15) is 0 Å². The van der Waals surface area contributed by atoms with Gasteiger partial charge in [-0.05, 0) is 49.6 Å². The van der Waals surface area contributed by atoms with Crippen molar-refractivity contribution < 1.29 is 0 Å². The molecular weight excluding hydrogens is 214 g/mol. The average Bonchev–Trinajstić information content (AvgIpc) is 2.75. The van der Waals surface area contributed by atoms with E-state index < -0.39 is 0 Å². The van der Waals surface area contributed by atoms with Crippen LogP contribution >= 0.6 is 11.3 Å². The quantitative estimate of drug-likeness (QED) is 0.805. The van der Waals surface area contributed by atoms with Crippen LogP contribution < -0.4 is 5.32 Å². The van der Waals surface area contributed by atoms with E-state index in [1.54, 1.807) is 10.4 Å². The van der Waals surface area contributed by atoms with Crippen molar-refractivity contribution in [3.8, 4) is 0 Å². The largest absolute Gasteiger partial charge is 0.307 e. The van der Waals surface area contributed by atoms with E-state index in [2.05, 4.69) is 30.6 Å². The average molecular weight is 237 g/mol. The first-order chi connectivity index (χ1) is 7.81. The third kappa shape index (κ3) is 2.86. The topological polar surface area (TPSA) is 12.0 Å². The summed E-state index contributed by atoms with van der Waals surface area (Å²) in [5, 5.41) is 6.05. The monoisotopic (exact) mass is 237 g/mol. The predicted octanol–water partition coefficient (Wildman–Crippen LogP) is 4.29. The lowest BCUT2D eigenvalue weighted by atomic mass is 9.93. The van der Waals surface area contributed by atoms with Crippen molar-refractivity contribution in [2.24, 2.45) is 0 Å². The van der Waals surface area contributed by atoms with Crippen LogP contribution in [0.2, 0.25) is 0 Å². The summed E-state index contributed by atoms with van der Waals surface area (Å²) in [4.78, 5) is 1.62. The number of nitrogens with one attached hydrogen (secondary N) is 1. The van der Waals surface area contributed by atoms with Gasteiger partial charge in [0, 0.05) is 17.0 Å². The Labute approximate surface area is 103 Å². The molecule has 2 atom stereocenters. The molecule has 0 saturated carbocycles. The zero-order valence-corrected chi connectivity index (χ0v) is 11.3. The zero-order chi connectivity index (χ0) is 11.4. The lowest BCUT2D eigenvalue weighted by Crippen LogP contribution is -2.32. The molecule has 1 aliphatic rings. The maximum atomic E-state index is 3.80. The Balaban J connectivity index is 1.92. The Morgan fingerprint density at radius 1 is 1.56 bits per heavy atom. The van der Waals surface area contributed by atoms with Crippen LogP contribution in [0.3, 0.4) is 0 Å². The van der Waals surface area contributed by atoms with Crippen LogP contribution in [0.15, 0.2) is 11.4 Å². The summed E-state index contributed by atoms with van der Waals surface area (Å²) in [5.74, 6) is 0. The standard InChI is InChI=1S/C14H23NS/c1-3-4-6-11(2)15-13-7-5-8-14-12(13)9-10-16-14/h9-11,13,15H,3-8H2,1-2H3. The predicted molar refractivity (Wildman–Crippen MR) is 72.1 cm³/mol. The highest BCUT2D eigenvalue weighted by atomic mass is 32.1. The molecule has 0 aliphatic heterocycles.